The fourth-order valence-electron chi connectivity index (χ4n) is 0.541. The van der Waals surface area contributed by atoms with Crippen molar-refractivity contribution >= 4 is 5.97 Å². The van der Waals surface area contributed by atoms with Crippen molar-refractivity contribution in [2.45, 2.75) is 13.0 Å². The number of hydrogen-bond donors (Lipinski definition) is 1. The zero-order valence-corrected chi connectivity index (χ0v) is 10.7. The molecule has 0 spiro atoms. The second-order valence-electron chi connectivity index (χ2n) is 3.86. The first-order valence-electron chi connectivity index (χ1n) is 3.98. The average molecular weight is 303 g/mol. The molecular weight excluding hydrogens is 285 g/mol. The van der Waals surface area contributed by atoms with Gasteiger partial charge >= 0.3 is 5.97 Å². The predicted molar refractivity (Wildman–Crippen MR) is 45.5 cm³/mol. The monoisotopic (exact) mass is 303 g/mol. The van der Waals surface area contributed by atoms with Gasteiger partial charge in [-0.2, -0.15) is 0 Å². The van der Waals surface area contributed by atoms with Gasteiger partial charge in [-0.05, 0) is 6.92 Å². The molecular formula is C8H18INO3. The Bertz CT molecular complexity index is 154. The molecule has 0 saturated carbocycles. The van der Waals surface area contributed by atoms with Crippen LogP contribution < -0.4 is 24.0 Å². The minimum atomic E-state index is -1.02. The Balaban J connectivity index is 0. The van der Waals surface area contributed by atoms with Gasteiger partial charge in [0.05, 0.1) is 21.1 Å². The molecule has 0 fully saturated rings. The van der Waals surface area contributed by atoms with Crippen molar-refractivity contribution in [1.29, 1.82) is 0 Å². The van der Waals surface area contributed by atoms with Crippen LogP contribution >= 0.6 is 0 Å². The molecule has 80 valence electrons. The molecule has 0 rings (SSSR count). The highest BCUT2D eigenvalue weighted by atomic mass is 127. The Morgan fingerprint density at radius 3 is 2.23 bits per heavy atom. The molecule has 0 aliphatic heterocycles. The van der Waals surface area contributed by atoms with E-state index in [1.165, 1.54) is 6.92 Å². The third-order valence-corrected chi connectivity index (χ3v) is 1.35. The smallest absolute Gasteiger partial charge is 0.334 e. The van der Waals surface area contributed by atoms with E-state index in [1.807, 2.05) is 21.1 Å². The summed E-state index contributed by atoms with van der Waals surface area (Å²) < 4.78 is 5.52. The number of nitrogens with zero attached hydrogens (tertiary/aromatic N) is 1. The van der Waals surface area contributed by atoms with E-state index in [1.54, 1.807) is 0 Å². The van der Waals surface area contributed by atoms with E-state index in [9.17, 15) is 4.79 Å². The van der Waals surface area contributed by atoms with Crippen molar-refractivity contribution in [3.8, 4) is 0 Å². The van der Waals surface area contributed by atoms with Crippen LogP contribution in [0, 0.1) is 0 Å². The van der Waals surface area contributed by atoms with Gasteiger partial charge in [0, 0.05) is 0 Å². The van der Waals surface area contributed by atoms with Crippen molar-refractivity contribution in [3.63, 3.8) is 0 Å². The lowest BCUT2D eigenvalue weighted by atomic mass is 10.4. The number of likely N-dealkylation sites (N-methyl/N-ethyl adjacent to an activating group) is 1. The van der Waals surface area contributed by atoms with Gasteiger partial charge in [0.2, 0.25) is 0 Å². The topological polar surface area (TPSA) is 46.5 Å². The van der Waals surface area contributed by atoms with Gasteiger partial charge in [0.1, 0.15) is 19.3 Å². The van der Waals surface area contributed by atoms with Crippen LogP contribution in [0.3, 0.4) is 0 Å². The minimum absolute atomic E-state index is 0. The predicted octanol–water partition coefficient (Wildman–Crippen LogP) is -3.38. The summed E-state index contributed by atoms with van der Waals surface area (Å²) in [6.07, 6.45) is -1.02. The average Bonchev–Trinajstić information content (AvgIpc) is 1.84. The Morgan fingerprint density at radius 2 is 1.92 bits per heavy atom. The highest BCUT2D eigenvalue weighted by molar-refractivity contribution is 5.73. The van der Waals surface area contributed by atoms with Crippen molar-refractivity contribution in [3.05, 3.63) is 0 Å². The standard InChI is InChI=1S/C8H18NO3.HI/c1-7(10)8(11)12-6-5-9(2,3)4;/h7,10H,5-6H2,1-4H3;1H/q+1;/p-1. The van der Waals surface area contributed by atoms with Gasteiger partial charge in [-0.15, -0.1) is 0 Å². The van der Waals surface area contributed by atoms with Crippen LogP contribution in [0.4, 0.5) is 0 Å². The molecule has 0 amide bonds. The summed E-state index contributed by atoms with van der Waals surface area (Å²) in [5, 5.41) is 8.77. The molecule has 1 unspecified atom stereocenters. The van der Waals surface area contributed by atoms with Crippen molar-refractivity contribution in [2.24, 2.45) is 0 Å². The zero-order valence-electron chi connectivity index (χ0n) is 8.58. The molecule has 1 N–H and O–H groups in total. The maximum Gasteiger partial charge on any atom is 0.334 e. The highest BCUT2D eigenvalue weighted by Gasteiger charge is 2.12. The summed E-state index contributed by atoms with van der Waals surface area (Å²) >= 11 is 0. The molecule has 0 aliphatic rings. The van der Waals surface area contributed by atoms with Gasteiger partial charge in [-0.25, -0.2) is 4.79 Å². The SMILES string of the molecule is CC(O)C(=O)OCC[N+](C)(C)C.[I-]. The molecule has 0 aromatic heterocycles. The van der Waals surface area contributed by atoms with E-state index < -0.39 is 12.1 Å². The minimum Gasteiger partial charge on any atom is -1.00 e. The molecule has 0 radical (unpaired) electrons. The lowest BCUT2D eigenvalue weighted by Gasteiger charge is -2.23. The molecule has 0 bridgehead atoms. The summed E-state index contributed by atoms with van der Waals surface area (Å²) in [5.41, 5.74) is 0. The maximum absolute atomic E-state index is 10.7. The number of carbonyl (C=O) groups excluding carboxylic acids is 1. The fourth-order valence-corrected chi connectivity index (χ4v) is 0.541. The molecule has 5 heteroatoms. The summed E-state index contributed by atoms with van der Waals surface area (Å²) in [5.74, 6) is -0.552. The maximum atomic E-state index is 10.7. The number of aliphatic hydroxyl groups excluding tert-OH is 1. The first kappa shape index (κ1) is 15.6. The van der Waals surface area contributed by atoms with E-state index in [0.717, 1.165) is 11.0 Å². The van der Waals surface area contributed by atoms with Crippen LogP contribution in [0.15, 0.2) is 0 Å². The summed E-state index contributed by atoms with van der Waals surface area (Å²) in [6, 6.07) is 0. The number of aliphatic hydroxyl groups is 1. The first-order chi connectivity index (χ1) is 5.33. The van der Waals surface area contributed by atoms with Gasteiger partial charge in [-0.1, -0.05) is 0 Å². The quantitative estimate of drug-likeness (QED) is 0.335. The van der Waals surface area contributed by atoms with Gasteiger partial charge in [0.25, 0.3) is 0 Å². The van der Waals surface area contributed by atoms with E-state index >= 15 is 0 Å². The number of ether oxygens (including phenoxy) is 1. The third-order valence-electron chi connectivity index (χ3n) is 1.35. The number of carbonyl (C=O) groups is 1. The van der Waals surface area contributed by atoms with Gasteiger partial charge in [-0.3, -0.25) is 0 Å². The number of esters is 1. The van der Waals surface area contributed by atoms with Crippen LogP contribution in [-0.2, 0) is 9.53 Å². The molecule has 0 heterocycles. The third kappa shape index (κ3) is 10.0. The number of halogens is 1. The lowest BCUT2D eigenvalue weighted by molar-refractivity contribution is -0.870. The lowest BCUT2D eigenvalue weighted by Crippen LogP contribution is -3.00. The van der Waals surface area contributed by atoms with Crippen LogP contribution in [0.25, 0.3) is 0 Å². The molecule has 0 aromatic carbocycles. The van der Waals surface area contributed by atoms with Crippen LogP contribution in [-0.4, -0.2) is 56.0 Å². The van der Waals surface area contributed by atoms with E-state index in [0.29, 0.717) is 6.61 Å². The normalized spacial score (nSPS) is 13.0. The van der Waals surface area contributed by atoms with E-state index in [-0.39, 0.29) is 24.0 Å². The largest absolute Gasteiger partial charge is 1.00 e. The van der Waals surface area contributed by atoms with Crippen molar-refractivity contribution in [2.75, 3.05) is 34.3 Å². The van der Waals surface area contributed by atoms with Crippen molar-refractivity contribution < 1.29 is 43.1 Å². The van der Waals surface area contributed by atoms with E-state index in [2.05, 4.69) is 0 Å². The Labute approximate surface area is 96.5 Å². The van der Waals surface area contributed by atoms with Crippen LogP contribution in [0.5, 0.6) is 0 Å². The van der Waals surface area contributed by atoms with Gasteiger partial charge < -0.3 is 38.3 Å². The van der Waals surface area contributed by atoms with Crippen molar-refractivity contribution in [1.82, 2.24) is 0 Å². The van der Waals surface area contributed by atoms with Crippen LogP contribution in [0.2, 0.25) is 0 Å². The second-order valence-corrected chi connectivity index (χ2v) is 3.86. The van der Waals surface area contributed by atoms with E-state index in [4.69, 9.17) is 9.84 Å². The fraction of sp³-hybridized carbons (Fsp3) is 0.875. The Hall–Kier alpha value is 0.120. The van der Waals surface area contributed by atoms with Gasteiger partial charge in [0.15, 0.2) is 0 Å². The summed E-state index contributed by atoms with van der Waals surface area (Å²) in [7, 11) is 6.03. The number of quaternary nitrogens is 1. The summed E-state index contributed by atoms with van der Waals surface area (Å²) in [6.45, 7) is 2.50. The molecule has 13 heavy (non-hydrogen) atoms. The highest BCUT2D eigenvalue weighted by Crippen LogP contribution is 1.91. The molecule has 0 saturated heterocycles. The number of rotatable bonds is 4. The molecule has 1 atom stereocenters. The molecule has 0 aliphatic carbocycles. The second kappa shape index (κ2) is 6.56. The first-order valence-corrected chi connectivity index (χ1v) is 3.98. The molecule has 0 aromatic rings. The number of hydrogen-bond acceptors (Lipinski definition) is 3. The van der Waals surface area contributed by atoms with Crippen LogP contribution in [0.1, 0.15) is 6.92 Å². The molecule has 4 nitrogen and oxygen atoms in total. The Kier molecular flexibility index (Phi) is 7.86. The summed E-state index contributed by atoms with van der Waals surface area (Å²) in [4.78, 5) is 10.7. The zero-order chi connectivity index (χ0) is 9.78. The Morgan fingerprint density at radius 1 is 1.46 bits per heavy atom.